The van der Waals surface area contributed by atoms with Crippen molar-refractivity contribution in [1.29, 1.82) is 0 Å². The maximum atomic E-state index is 13.0. The summed E-state index contributed by atoms with van der Waals surface area (Å²) < 4.78 is 20.7. The zero-order valence-corrected chi connectivity index (χ0v) is 15.7. The van der Waals surface area contributed by atoms with E-state index in [-0.39, 0.29) is 23.1 Å². The van der Waals surface area contributed by atoms with Crippen LogP contribution in [0.5, 0.6) is 5.75 Å². The van der Waals surface area contributed by atoms with Crippen molar-refractivity contribution in [2.45, 2.75) is 26.1 Å². The topological polar surface area (TPSA) is 66.7 Å². The number of rotatable bonds is 6. The van der Waals surface area contributed by atoms with Crippen LogP contribution in [0.3, 0.4) is 0 Å². The van der Waals surface area contributed by atoms with Gasteiger partial charge in [-0.1, -0.05) is 12.1 Å². The molecule has 1 unspecified atom stereocenters. The van der Waals surface area contributed by atoms with Gasteiger partial charge in [0, 0.05) is 51.5 Å². The van der Waals surface area contributed by atoms with Crippen LogP contribution in [0, 0.1) is 12.7 Å². The summed E-state index contributed by atoms with van der Waals surface area (Å²) in [5.74, 6) is -0.435. The summed E-state index contributed by atoms with van der Waals surface area (Å²) in [4.78, 5) is 14.1. The summed E-state index contributed by atoms with van der Waals surface area (Å²) >= 11 is 0. The fourth-order valence-corrected chi connectivity index (χ4v) is 3.32. The van der Waals surface area contributed by atoms with Gasteiger partial charge in [0.1, 0.15) is 5.82 Å². The van der Waals surface area contributed by atoms with Gasteiger partial charge in [-0.05, 0) is 24.6 Å². The first-order chi connectivity index (χ1) is 12.9. The van der Waals surface area contributed by atoms with E-state index in [1.54, 1.807) is 12.1 Å². The van der Waals surface area contributed by atoms with Crippen molar-refractivity contribution in [2.24, 2.45) is 7.05 Å². The van der Waals surface area contributed by atoms with Gasteiger partial charge < -0.3 is 19.7 Å². The average Bonchev–Trinajstić information content (AvgIpc) is 2.65. The molecule has 0 aliphatic carbocycles. The highest BCUT2D eigenvalue weighted by Crippen LogP contribution is 2.14. The Balaban J connectivity index is 1.53. The number of nitrogens with zero attached hydrogens (tertiary/aromatic N) is 2. The van der Waals surface area contributed by atoms with Crippen LogP contribution in [0.2, 0.25) is 0 Å². The van der Waals surface area contributed by atoms with E-state index in [1.165, 1.54) is 18.2 Å². The van der Waals surface area contributed by atoms with Crippen LogP contribution >= 0.6 is 0 Å². The first-order valence-electron chi connectivity index (χ1n) is 9.11. The molecule has 1 aliphatic heterocycles. The van der Waals surface area contributed by atoms with E-state index in [1.807, 2.05) is 18.5 Å². The Kier molecular flexibility index (Phi) is 6.26. The maximum absolute atomic E-state index is 13.0. The zero-order valence-electron chi connectivity index (χ0n) is 15.7. The van der Waals surface area contributed by atoms with Crippen molar-refractivity contribution in [2.75, 3.05) is 26.2 Å². The quantitative estimate of drug-likeness (QED) is 0.802. The van der Waals surface area contributed by atoms with E-state index in [2.05, 4.69) is 10.2 Å². The number of halogens is 1. The van der Waals surface area contributed by atoms with Crippen LogP contribution in [-0.4, -0.2) is 46.9 Å². The summed E-state index contributed by atoms with van der Waals surface area (Å²) in [5.41, 5.74) is 2.08. The van der Waals surface area contributed by atoms with Gasteiger partial charge in [-0.3, -0.25) is 9.69 Å². The Labute approximate surface area is 158 Å². The molecule has 1 aliphatic rings. The number of ether oxygens (including phenoxy) is 1. The lowest BCUT2D eigenvalue weighted by atomic mass is 10.2. The van der Waals surface area contributed by atoms with Gasteiger partial charge in [-0.15, -0.1) is 0 Å². The molecule has 0 radical (unpaired) electrons. The van der Waals surface area contributed by atoms with E-state index in [9.17, 15) is 14.3 Å². The number of morpholine rings is 1. The van der Waals surface area contributed by atoms with E-state index in [0.717, 1.165) is 30.9 Å². The minimum absolute atomic E-state index is 0.0168. The largest absolute Gasteiger partial charge is 0.503 e. The first-order valence-corrected chi connectivity index (χ1v) is 9.11. The molecule has 0 saturated carbocycles. The average molecular weight is 375 g/mol. The third-order valence-electron chi connectivity index (χ3n) is 4.99. The molecular weight excluding hydrogens is 349 g/mol. The fourth-order valence-electron chi connectivity index (χ4n) is 3.32. The summed E-state index contributed by atoms with van der Waals surface area (Å²) in [5, 5.41) is 13.3. The van der Waals surface area contributed by atoms with Gasteiger partial charge in [0.2, 0.25) is 5.43 Å². The Hall–Kier alpha value is -2.22. The molecule has 7 heteroatoms. The number of pyridine rings is 1. The highest BCUT2D eigenvalue weighted by Gasteiger charge is 2.20. The van der Waals surface area contributed by atoms with E-state index in [4.69, 9.17) is 4.74 Å². The number of aromatic nitrogens is 1. The molecule has 1 fully saturated rings. The molecule has 1 saturated heterocycles. The molecule has 0 amide bonds. The molecule has 0 spiro atoms. The third kappa shape index (κ3) is 4.94. The fraction of sp³-hybridized carbons (Fsp3) is 0.450. The summed E-state index contributed by atoms with van der Waals surface area (Å²) in [6, 6.07) is 8.00. The van der Waals surface area contributed by atoms with Gasteiger partial charge in [0.25, 0.3) is 0 Å². The van der Waals surface area contributed by atoms with Crippen molar-refractivity contribution in [3.8, 4) is 5.75 Å². The molecule has 2 aromatic rings. The molecule has 3 rings (SSSR count). The molecule has 146 valence electrons. The lowest BCUT2D eigenvalue weighted by Crippen LogP contribution is -2.46. The number of nitrogens with one attached hydrogen (secondary N) is 1. The highest BCUT2D eigenvalue weighted by molar-refractivity contribution is 5.29. The summed E-state index contributed by atoms with van der Waals surface area (Å²) in [6.07, 6.45) is 0.0168. The minimum Gasteiger partial charge on any atom is -0.503 e. The predicted molar refractivity (Wildman–Crippen MR) is 101 cm³/mol. The maximum Gasteiger partial charge on any atom is 0.223 e. The lowest BCUT2D eigenvalue weighted by Gasteiger charge is -2.33. The van der Waals surface area contributed by atoms with Crippen LogP contribution in [0.25, 0.3) is 0 Å². The van der Waals surface area contributed by atoms with E-state index >= 15 is 0 Å². The third-order valence-corrected chi connectivity index (χ3v) is 4.99. The van der Waals surface area contributed by atoms with Gasteiger partial charge in [0.15, 0.2) is 5.75 Å². The lowest BCUT2D eigenvalue weighted by molar-refractivity contribution is -0.0301. The highest BCUT2D eigenvalue weighted by atomic mass is 19.1. The minimum atomic E-state index is -0.359. The standard InChI is InChI=1S/C20H26FN3O3/c1-14-9-19(25)20(26)18(23(14)2)11-22-10-17-13-24(7-8-27-17)12-15-3-5-16(21)6-4-15/h3-6,9,17,22,26H,7-8,10-13H2,1-2H3. The van der Waals surface area contributed by atoms with E-state index in [0.29, 0.717) is 25.4 Å². The Morgan fingerprint density at radius 3 is 2.81 bits per heavy atom. The van der Waals surface area contributed by atoms with Crippen LogP contribution in [-0.2, 0) is 24.9 Å². The molecular formula is C20H26FN3O3. The smallest absolute Gasteiger partial charge is 0.223 e. The Morgan fingerprint density at radius 2 is 2.07 bits per heavy atom. The SMILES string of the molecule is Cc1cc(=O)c(O)c(CNCC2CN(Cc3ccc(F)cc3)CCO2)n1C. The van der Waals surface area contributed by atoms with Gasteiger partial charge in [-0.25, -0.2) is 4.39 Å². The Bertz CT molecular complexity index is 836. The number of aryl methyl sites for hydroxylation is 1. The molecule has 2 heterocycles. The first kappa shape index (κ1) is 19.5. The molecule has 1 aromatic carbocycles. The van der Waals surface area contributed by atoms with Crippen LogP contribution in [0.4, 0.5) is 4.39 Å². The number of hydrogen-bond donors (Lipinski definition) is 2. The van der Waals surface area contributed by atoms with Crippen molar-refractivity contribution >= 4 is 0 Å². The van der Waals surface area contributed by atoms with Crippen LogP contribution < -0.4 is 10.7 Å². The second-order valence-electron chi connectivity index (χ2n) is 6.99. The monoisotopic (exact) mass is 375 g/mol. The second kappa shape index (κ2) is 8.65. The van der Waals surface area contributed by atoms with Crippen LogP contribution in [0.1, 0.15) is 17.0 Å². The van der Waals surface area contributed by atoms with Gasteiger partial charge in [0.05, 0.1) is 18.4 Å². The molecule has 27 heavy (non-hydrogen) atoms. The Morgan fingerprint density at radius 1 is 1.33 bits per heavy atom. The number of hydrogen-bond acceptors (Lipinski definition) is 5. The number of benzene rings is 1. The number of aromatic hydroxyl groups is 1. The summed E-state index contributed by atoms with van der Waals surface area (Å²) in [6.45, 7) is 5.83. The molecule has 1 aromatic heterocycles. The van der Waals surface area contributed by atoms with Crippen molar-refractivity contribution in [3.63, 3.8) is 0 Å². The van der Waals surface area contributed by atoms with Gasteiger partial charge in [-0.2, -0.15) is 0 Å². The molecule has 2 N–H and O–H groups in total. The predicted octanol–water partition coefficient (Wildman–Crippen LogP) is 1.53. The van der Waals surface area contributed by atoms with Crippen molar-refractivity contribution in [1.82, 2.24) is 14.8 Å². The van der Waals surface area contributed by atoms with Gasteiger partial charge >= 0.3 is 0 Å². The van der Waals surface area contributed by atoms with E-state index < -0.39 is 0 Å². The van der Waals surface area contributed by atoms with Crippen molar-refractivity contribution in [3.05, 3.63) is 63.3 Å². The zero-order chi connectivity index (χ0) is 19.4. The normalized spacial score (nSPS) is 18.0. The molecule has 1 atom stereocenters. The summed E-state index contributed by atoms with van der Waals surface area (Å²) in [7, 11) is 1.83. The molecule has 6 nitrogen and oxygen atoms in total. The second-order valence-corrected chi connectivity index (χ2v) is 6.99. The molecule has 0 bridgehead atoms. The van der Waals surface area contributed by atoms with Crippen molar-refractivity contribution < 1.29 is 14.2 Å². The van der Waals surface area contributed by atoms with Crippen LogP contribution in [0.15, 0.2) is 35.1 Å².